The highest BCUT2D eigenvalue weighted by molar-refractivity contribution is 6.06. The molecule has 0 saturated heterocycles. The lowest BCUT2D eigenvalue weighted by atomic mass is 10.1. The summed E-state index contributed by atoms with van der Waals surface area (Å²) in [5, 5.41) is 2.93. The fourth-order valence-corrected chi connectivity index (χ4v) is 2.96. The predicted molar refractivity (Wildman–Crippen MR) is 107 cm³/mol. The number of nitrogens with zero attached hydrogens (tertiary/aromatic N) is 3. The lowest BCUT2D eigenvalue weighted by Gasteiger charge is -2.17. The number of pyridine rings is 3. The van der Waals surface area contributed by atoms with Crippen molar-refractivity contribution in [2.75, 3.05) is 5.01 Å². The van der Waals surface area contributed by atoms with Gasteiger partial charge in [0.1, 0.15) is 0 Å². The SMILES string of the molecule is NN(C(=O)c1cccnc1Cc1ccc(=O)[nH]c1)c1cc2ccccc2cn1. The van der Waals surface area contributed by atoms with Gasteiger partial charge in [-0.3, -0.25) is 14.6 Å². The molecule has 7 nitrogen and oxygen atoms in total. The third kappa shape index (κ3) is 3.51. The average molecular weight is 371 g/mol. The van der Waals surface area contributed by atoms with Crippen LogP contribution in [0.3, 0.4) is 0 Å². The van der Waals surface area contributed by atoms with Crippen molar-refractivity contribution in [3.05, 3.63) is 100 Å². The molecule has 0 spiro atoms. The minimum atomic E-state index is -0.407. The molecule has 0 aliphatic carbocycles. The molecule has 4 aromatic rings. The summed E-state index contributed by atoms with van der Waals surface area (Å²) in [5.74, 6) is 6.03. The largest absolute Gasteiger partial charge is 0.329 e. The van der Waals surface area contributed by atoms with E-state index in [-0.39, 0.29) is 5.56 Å². The van der Waals surface area contributed by atoms with Crippen LogP contribution in [-0.2, 0) is 6.42 Å². The van der Waals surface area contributed by atoms with Crippen LogP contribution in [0.4, 0.5) is 5.82 Å². The molecule has 1 amide bonds. The van der Waals surface area contributed by atoms with Gasteiger partial charge in [-0.2, -0.15) is 0 Å². The number of carbonyl (C=O) groups is 1. The van der Waals surface area contributed by atoms with Crippen molar-refractivity contribution in [1.82, 2.24) is 15.0 Å². The highest BCUT2D eigenvalue weighted by atomic mass is 16.2. The Kier molecular flexibility index (Phi) is 4.65. The lowest BCUT2D eigenvalue weighted by molar-refractivity contribution is 0.0985. The Morgan fingerprint density at radius 1 is 1.04 bits per heavy atom. The molecule has 7 heteroatoms. The van der Waals surface area contributed by atoms with E-state index >= 15 is 0 Å². The minimum absolute atomic E-state index is 0.184. The first-order chi connectivity index (χ1) is 13.6. The Hall–Kier alpha value is -3.84. The van der Waals surface area contributed by atoms with Gasteiger partial charge in [-0.05, 0) is 29.1 Å². The van der Waals surface area contributed by atoms with Gasteiger partial charge in [-0.1, -0.05) is 30.3 Å². The maximum absolute atomic E-state index is 13.0. The summed E-state index contributed by atoms with van der Waals surface area (Å²) in [4.78, 5) is 35.5. The number of fused-ring (bicyclic) bond motifs is 1. The number of hydrogen-bond donors (Lipinski definition) is 2. The number of aromatic nitrogens is 3. The number of H-pyrrole nitrogens is 1. The number of benzene rings is 1. The van der Waals surface area contributed by atoms with Crippen LogP contribution in [0, 0.1) is 0 Å². The molecule has 0 aliphatic heterocycles. The van der Waals surface area contributed by atoms with Crippen molar-refractivity contribution >= 4 is 22.5 Å². The summed E-state index contributed by atoms with van der Waals surface area (Å²) in [7, 11) is 0. The van der Waals surface area contributed by atoms with Crippen LogP contribution in [-0.4, -0.2) is 20.9 Å². The molecule has 3 aromatic heterocycles. The van der Waals surface area contributed by atoms with E-state index in [2.05, 4.69) is 15.0 Å². The highest BCUT2D eigenvalue weighted by Crippen LogP contribution is 2.20. The Labute approximate surface area is 160 Å². The fraction of sp³-hybridized carbons (Fsp3) is 0.0476. The predicted octanol–water partition coefficient (Wildman–Crippen LogP) is 2.43. The van der Waals surface area contributed by atoms with E-state index in [0.29, 0.717) is 23.5 Å². The number of hydrazine groups is 1. The number of hydrogen-bond acceptors (Lipinski definition) is 5. The maximum atomic E-state index is 13.0. The second-order valence-electron chi connectivity index (χ2n) is 6.30. The number of nitrogens with one attached hydrogen (secondary N) is 1. The van der Waals surface area contributed by atoms with Gasteiger partial charge in [0.15, 0.2) is 5.82 Å². The number of rotatable bonds is 4. The minimum Gasteiger partial charge on any atom is -0.329 e. The second-order valence-corrected chi connectivity index (χ2v) is 6.30. The van der Waals surface area contributed by atoms with E-state index in [1.165, 1.54) is 6.07 Å². The van der Waals surface area contributed by atoms with Crippen molar-refractivity contribution in [3.8, 4) is 0 Å². The number of anilines is 1. The van der Waals surface area contributed by atoms with Crippen molar-refractivity contribution in [2.24, 2.45) is 5.84 Å². The van der Waals surface area contributed by atoms with Crippen LogP contribution in [0.25, 0.3) is 10.8 Å². The first kappa shape index (κ1) is 17.6. The van der Waals surface area contributed by atoms with Crippen molar-refractivity contribution in [3.63, 3.8) is 0 Å². The first-order valence-corrected chi connectivity index (χ1v) is 8.67. The number of carbonyl (C=O) groups excluding carboxylic acids is 1. The highest BCUT2D eigenvalue weighted by Gasteiger charge is 2.20. The smallest absolute Gasteiger partial charge is 0.275 e. The zero-order chi connectivity index (χ0) is 19.5. The third-order valence-corrected chi connectivity index (χ3v) is 4.42. The van der Waals surface area contributed by atoms with Gasteiger partial charge in [-0.25, -0.2) is 15.8 Å². The molecule has 0 aliphatic rings. The van der Waals surface area contributed by atoms with Crippen LogP contribution in [0.5, 0.6) is 0 Å². The van der Waals surface area contributed by atoms with Gasteiger partial charge in [0.05, 0.1) is 11.3 Å². The van der Waals surface area contributed by atoms with Gasteiger partial charge < -0.3 is 4.98 Å². The van der Waals surface area contributed by atoms with E-state index in [4.69, 9.17) is 5.84 Å². The quantitative estimate of drug-likeness (QED) is 0.326. The molecule has 28 heavy (non-hydrogen) atoms. The van der Waals surface area contributed by atoms with Gasteiger partial charge in [0.25, 0.3) is 5.91 Å². The molecule has 4 rings (SSSR count). The normalized spacial score (nSPS) is 10.8. The molecular weight excluding hydrogens is 354 g/mol. The van der Waals surface area contributed by atoms with Crippen LogP contribution in [0.1, 0.15) is 21.6 Å². The van der Waals surface area contributed by atoms with Crippen molar-refractivity contribution < 1.29 is 4.79 Å². The number of amides is 1. The Balaban J connectivity index is 1.65. The van der Waals surface area contributed by atoms with E-state index in [9.17, 15) is 9.59 Å². The van der Waals surface area contributed by atoms with Crippen molar-refractivity contribution in [1.29, 1.82) is 0 Å². The van der Waals surface area contributed by atoms with Crippen LogP contribution < -0.4 is 16.4 Å². The van der Waals surface area contributed by atoms with Crippen LogP contribution in [0.2, 0.25) is 0 Å². The molecule has 138 valence electrons. The molecule has 3 N–H and O–H groups in total. The Morgan fingerprint density at radius 2 is 1.86 bits per heavy atom. The summed E-state index contributed by atoms with van der Waals surface area (Å²) >= 11 is 0. The molecule has 0 unspecified atom stereocenters. The monoisotopic (exact) mass is 371 g/mol. The first-order valence-electron chi connectivity index (χ1n) is 8.67. The molecular formula is C21H17N5O2. The topological polar surface area (TPSA) is 105 Å². The molecule has 0 saturated carbocycles. The van der Waals surface area contributed by atoms with Crippen molar-refractivity contribution in [2.45, 2.75) is 6.42 Å². The third-order valence-electron chi connectivity index (χ3n) is 4.42. The summed E-state index contributed by atoms with van der Waals surface area (Å²) < 4.78 is 0. The standard InChI is InChI=1S/C21H17N5O2/c22-26(19-11-15-4-1-2-5-16(15)13-24-19)21(28)17-6-3-9-23-18(17)10-14-7-8-20(27)25-12-14/h1-9,11-13H,10,22H2,(H,25,27). The molecule has 0 radical (unpaired) electrons. The number of aromatic amines is 1. The van der Waals surface area contributed by atoms with Gasteiger partial charge in [-0.15, -0.1) is 0 Å². The summed E-state index contributed by atoms with van der Waals surface area (Å²) in [6.07, 6.45) is 5.29. The van der Waals surface area contributed by atoms with E-state index < -0.39 is 5.91 Å². The lowest BCUT2D eigenvalue weighted by Crippen LogP contribution is -2.38. The molecule has 3 heterocycles. The summed E-state index contributed by atoms with van der Waals surface area (Å²) in [5.41, 5.74) is 1.60. The zero-order valence-electron chi connectivity index (χ0n) is 14.9. The Morgan fingerprint density at radius 3 is 2.64 bits per heavy atom. The number of nitrogens with two attached hydrogens (primary N) is 1. The van der Waals surface area contributed by atoms with E-state index in [1.54, 1.807) is 42.9 Å². The van der Waals surface area contributed by atoms with Crippen LogP contribution in [0.15, 0.2) is 78.0 Å². The average Bonchev–Trinajstić information content (AvgIpc) is 2.74. The van der Waals surface area contributed by atoms with Gasteiger partial charge >= 0.3 is 0 Å². The maximum Gasteiger partial charge on any atom is 0.275 e. The zero-order valence-corrected chi connectivity index (χ0v) is 14.9. The molecule has 0 bridgehead atoms. The summed E-state index contributed by atoms with van der Waals surface area (Å²) in [6, 6.07) is 16.0. The fourth-order valence-electron chi connectivity index (χ4n) is 2.96. The molecule has 1 aromatic carbocycles. The Bertz CT molecular complexity index is 1200. The summed E-state index contributed by atoms with van der Waals surface area (Å²) in [6.45, 7) is 0. The molecule has 0 atom stereocenters. The van der Waals surface area contributed by atoms with E-state index in [1.807, 2.05) is 24.3 Å². The second kappa shape index (κ2) is 7.42. The molecule has 0 fully saturated rings. The van der Waals surface area contributed by atoms with Crippen LogP contribution >= 0.6 is 0 Å². The van der Waals surface area contributed by atoms with E-state index in [0.717, 1.165) is 21.3 Å². The van der Waals surface area contributed by atoms with Gasteiger partial charge in [0.2, 0.25) is 5.56 Å². The van der Waals surface area contributed by atoms with Gasteiger partial charge in [0, 0.05) is 36.5 Å².